The van der Waals surface area contributed by atoms with Crippen molar-refractivity contribution >= 4 is 28.3 Å². The van der Waals surface area contributed by atoms with Gasteiger partial charge in [0.05, 0.1) is 9.26 Å². The minimum absolute atomic E-state index is 0.0120. The van der Waals surface area contributed by atoms with Gasteiger partial charge in [0.2, 0.25) is 0 Å². The van der Waals surface area contributed by atoms with Crippen LogP contribution in [0.15, 0.2) is 30.3 Å². The van der Waals surface area contributed by atoms with Crippen molar-refractivity contribution in [3.8, 4) is 11.5 Å². The van der Waals surface area contributed by atoms with E-state index in [0.717, 1.165) is 18.2 Å². The van der Waals surface area contributed by atoms with Crippen molar-refractivity contribution in [3.63, 3.8) is 0 Å². The highest BCUT2D eigenvalue weighted by atomic mass is 127. The van der Waals surface area contributed by atoms with Crippen LogP contribution in [-0.4, -0.2) is 0 Å². The summed E-state index contributed by atoms with van der Waals surface area (Å²) >= 11 is 1.78. The molecule has 0 aliphatic rings. The highest BCUT2D eigenvalue weighted by Gasteiger charge is 2.09. The van der Waals surface area contributed by atoms with E-state index in [1.54, 1.807) is 22.6 Å². The van der Waals surface area contributed by atoms with Crippen molar-refractivity contribution in [1.29, 1.82) is 0 Å². The maximum Gasteiger partial charge on any atom is 0.153 e. The fraction of sp³-hybridized carbons (Fsp3) is 0. The Morgan fingerprint density at radius 2 is 1.56 bits per heavy atom. The molecule has 6 heteroatoms. The summed E-state index contributed by atoms with van der Waals surface area (Å²) in [5.41, 5.74) is 5.82. The molecule has 2 aromatic carbocycles. The quantitative estimate of drug-likeness (QED) is 0.643. The molecule has 0 bridgehead atoms. The number of hydrogen-bond acceptors (Lipinski definition) is 2. The number of nitrogens with two attached hydrogens (primary N) is 1. The van der Waals surface area contributed by atoms with Crippen molar-refractivity contribution in [1.82, 2.24) is 0 Å². The van der Waals surface area contributed by atoms with Gasteiger partial charge in [-0.25, -0.2) is 13.2 Å². The van der Waals surface area contributed by atoms with Gasteiger partial charge >= 0.3 is 0 Å². The number of benzene rings is 2. The van der Waals surface area contributed by atoms with E-state index in [9.17, 15) is 13.2 Å². The molecule has 0 radical (unpaired) electrons. The topological polar surface area (TPSA) is 35.2 Å². The second kappa shape index (κ2) is 5.05. The molecule has 2 nitrogen and oxygen atoms in total. The third-order valence-electron chi connectivity index (χ3n) is 2.12. The van der Waals surface area contributed by atoms with E-state index in [1.165, 1.54) is 6.07 Å². The number of ether oxygens (including phenoxy) is 1. The Morgan fingerprint density at radius 1 is 0.944 bits per heavy atom. The largest absolute Gasteiger partial charge is 0.455 e. The summed E-state index contributed by atoms with van der Waals surface area (Å²) in [6.07, 6.45) is 0. The summed E-state index contributed by atoms with van der Waals surface area (Å²) < 4.78 is 44.7. The summed E-state index contributed by atoms with van der Waals surface area (Å²) in [4.78, 5) is 0. The molecule has 0 saturated heterocycles. The van der Waals surface area contributed by atoms with Crippen LogP contribution in [0.4, 0.5) is 18.9 Å². The van der Waals surface area contributed by atoms with Gasteiger partial charge in [0, 0.05) is 24.3 Å². The molecule has 0 fully saturated rings. The van der Waals surface area contributed by atoms with Crippen LogP contribution in [0.2, 0.25) is 0 Å². The van der Waals surface area contributed by atoms with Crippen LogP contribution in [0.5, 0.6) is 11.5 Å². The standard InChI is InChI=1S/C12H7F3INO/c13-6-1-7(14)3-8(2-6)18-12-4-9(15)10(16)5-11(12)17/h1-5H,17H2. The monoisotopic (exact) mass is 365 g/mol. The maximum atomic E-state index is 13.3. The molecule has 0 atom stereocenters. The molecular weight excluding hydrogens is 358 g/mol. The molecule has 94 valence electrons. The molecule has 0 heterocycles. The Labute approximate surface area is 115 Å². The Hall–Kier alpha value is -1.44. The van der Waals surface area contributed by atoms with Crippen molar-refractivity contribution in [2.45, 2.75) is 0 Å². The number of nitrogen functional groups attached to an aromatic ring is 1. The van der Waals surface area contributed by atoms with Crippen molar-refractivity contribution in [2.75, 3.05) is 5.73 Å². The van der Waals surface area contributed by atoms with Gasteiger partial charge in [-0.15, -0.1) is 0 Å². The molecule has 0 saturated carbocycles. The number of anilines is 1. The molecule has 0 amide bonds. The lowest BCUT2D eigenvalue weighted by molar-refractivity contribution is 0.465. The number of rotatable bonds is 2. The molecule has 0 spiro atoms. The molecule has 2 aromatic rings. The predicted octanol–water partition coefficient (Wildman–Crippen LogP) is 4.08. The van der Waals surface area contributed by atoms with Crippen LogP contribution in [0.1, 0.15) is 0 Å². The second-order valence-electron chi connectivity index (χ2n) is 3.51. The lowest BCUT2D eigenvalue weighted by atomic mass is 10.3. The summed E-state index contributed by atoms with van der Waals surface area (Å²) in [6.45, 7) is 0. The van der Waals surface area contributed by atoms with Crippen molar-refractivity contribution < 1.29 is 17.9 Å². The number of halogens is 4. The van der Waals surface area contributed by atoms with Gasteiger partial charge in [-0.3, -0.25) is 0 Å². The Kier molecular flexibility index (Phi) is 3.65. The predicted molar refractivity (Wildman–Crippen MR) is 70.0 cm³/mol. The Bertz CT molecular complexity index is 584. The first kappa shape index (κ1) is 13.0. The zero-order valence-electron chi connectivity index (χ0n) is 8.88. The molecule has 2 rings (SSSR count). The lowest BCUT2D eigenvalue weighted by Gasteiger charge is -2.09. The molecule has 0 unspecified atom stereocenters. The zero-order chi connectivity index (χ0) is 13.3. The van der Waals surface area contributed by atoms with Crippen LogP contribution >= 0.6 is 22.6 Å². The van der Waals surface area contributed by atoms with E-state index >= 15 is 0 Å². The highest BCUT2D eigenvalue weighted by Crippen LogP contribution is 2.31. The van der Waals surface area contributed by atoms with Gasteiger partial charge in [-0.2, -0.15) is 0 Å². The van der Waals surface area contributed by atoms with Gasteiger partial charge in [0.15, 0.2) is 5.75 Å². The maximum absolute atomic E-state index is 13.3. The van der Waals surface area contributed by atoms with Gasteiger partial charge in [-0.1, -0.05) is 0 Å². The van der Waals surface area contributed by atoms with E-state index in [2.05, 4.69) is 0 Å². The van der Waals surface area contributed by atoms with Crippen LogP contribution in [0.3, 0.4) is 0 Å². The first-order valence-electron chi connectivity index (χ1n) is 4.84. The number of hydrogen-bond donors (Lipinski definition) is 1. The summed E-state index contributed by atoms with van der Waals surface area (Å²) in [6, 6.07) is 5.13. The Morgan fingerprint density at radius 3 is 2.17 bits per heavy atom. The summed E-state index contributed by atoms with van der Waals surface area (Å²) in [5.74, 6) is -2.15. The fourth-order valence-corrected chi connectivity index (χ4v) is 1.84. The summed E-state index contributed by atoms with van der Waals surface area (Å²) in [7, 11) is 0. The van der Waals surface area contributed by atoms with Crippen LogP contribution < -0.4 is 10.5 Å². The van der Waals surface area contributed by atoms with E-state index in [1.807, 2.05) is 0 Å². The average Bonchev–Trinajstić information content (AvgIpc) is 2.24. The van der Waals surface area contributed by atoms with Crippen molar-refractivity contribution in [2.24, 2.45) is 0 Å². The first-order valence-corrected chi connectivity index (χ1v) is 5.92. The normalized spacial score (nSPS) is 10.4. The summed E-state index contributed by atoms with van der Waals surface area (Å²) in [5, 5.41) is 0. The van der Waals surface area contributed by atoms with Gasteiger partial charge in [0.1, 0.15) is 23.2 Å². The Balaban J connectivity index is 2.36. The van der Waals surface area contributed by atoms with Gasteiger partial charge < -0.3 is 10.5 Å². The smallest absolute Gasteiger partial charge is 0.153 e. The average molecular weight is 365 g/mol. The third-order valence-corrected chi connectivity index (χ3v) is 2.94. The van der Waals surface area contributed by atoms with Gasteiger partial charge in [0.25, 0.3) is 0 Å². The molecule has 18 heavy (non-hydrogen) atoms. The second-order valence-corrected chi connectivity index (χ2v) is 4.67. The van der Waals surface area contributed by atoms with Gasteiger partial charge in [-0.05, 0) is 28.7 Å². The zero-order valence-corrected chi connectivity index (χ0v) is 11.0. The lowest BCUT2D eigenvalue weighted by Crippen LogP contribution is -1.96. The first-order chi connectivity index (χ1) is 8.45. The minimum atomic E-state index is -0.783. The fourth-order valence-electron chi connectivity index (χ4n) is 1.35. The molecular formula is C12H7F3INO. The minimum Gasteiger partial charge on any atom is -0.455 e. The SMILES string of the molecule is Nc1cc(I)c(F)cc1Oc1cc(F)cc(F)c1. The molecule has 0 aliphatic heterocycles. The van der Waals surface area contributed by atoms with Crippen LogP contribution in [0.25, 0.3) is 0 Å². The van der Waals surface area contributed by atoms with E-state index in [4.69, 9.17) is 10.5 Å². The van der Waals surface area contributed by atoms with Crippen LogP contribution in [-0.2, 0) is 0 Å². The van der Waals surface area contributed by atoms with E-state index < -0.39 is 17.5 Å². The van der Waals surface area contributed by atoms with E-state index in [-0.39, 0.29) is 17.2 Å². The van der Waals surface area contributed by atoms with E-state index in [0.29, 0.717) is 9.64 Å². The third kappa shape index (κ3) is 2.87. The molecule has 2 N–H and O–H groups in total. The van der Waals surface area contributed by atoms with Crippen molar-refractivity contribution in [3.05, 3.63) is 51.4 Å². The molecule has 0 aromatic heterocycles. The highest BCUT2D eigenvalue weighted by molar-refractivity contribution is 14.1. The molecule has 0 aliphatic carbocycles. The van der Waals surface area contributed by atoms with Crippen LogP contribution in [0, 0.1) is 21.0 Å².